The Hall–Kier alpha value is -1.77. The third-order valence-corrected chi connectivity index (χ3v) is 2.02. The smallest absolute Gasteiger partial charge is 0.358 e. The fraction of sp³-hybridized carbons (Fsp3) is 0. The van der Waals surface area contributed by atoms with Gasteiger partial charge in [0.2, 0.25) is 0 Å². The van der Waals surface area contributed by atoms with Crippen LogP contribution in [-0.4, -0.2) is 0 Å². The summed E-state index contributed by atoms with van der Waals surface area (Å²) in [7, 11) is 0. The Kier molecular flexibility index (Phi) is 5.86. The van der Waals surface area contributed by atoms with E-state index in [-0.39, 0.29) is 17.1 Å². The zero-order valence-corrected chi connectivity index (χ0v) is 10.2. The van der Waals surface area contributed by atoms with Crippen molar-refractivity contribution in [2.45, 2.75) is 0 Å². The van der Waals surface area contributed by atoms with E-state index in [0.29, 0.717) is 0 Å². The minimum Gasteiger partial charge on any atom is -0.358 e. The Morgan fingerprint density at radius 2 is 1.71 bits per heavy atom. The summed E-state index contributed by atoms with van der Waals surface area (Å²) >= 11 is 0. The SMILES string of the molecule is C1=CC(=C2C=C[N-]N=N2)C=C1.[Fe+2].c1cc[cH-]c1. The topological polar surface area (TPSA) is 38.8 Å². The van der Waals surface area contributed by atoms with Gasteiger partial charge in [0, 0.05) is 0 Å². The molecule has 0 amide bonds. The summed E-state index contributed by atoms with van der Waals surface area (Å²) in [5, 5.41) is 7.40. The first-order chi connectivity index (χ1) is 7.97. The van der Waals surface area contributed by atoms with Crippen LogP contribution < -0.4 is 0 Å². The molecule has 1 aromatic carbocycles. The van der Waals surface area contributed by atoms with Crippen molar-refractivity contribution >= 4 is 0 Å². The third-order valence-electron chi connectivity index (χ3n) is 2.02. The molecule has 1 heterocycles. The van der Waals surface area contributed by atoms with Crippen LogP contribution in [0.5, 0.6) is 0 Å². The molecule has 0 atom stereocenters. The second-order valence-corrected chi connectivity index (χ2v) is 3.14. The molecule has 2 aliphatic rings. The average molecular weight is 265 g/mol. The van der Waals surface area contributed by atoms with Crippen LogP contribution in [0.2, 0.25) is 0 Å². The second-order valence-electron chi connectivity index (χ2n) is 3.14. The number of nitrogens with zero attached hydrogens (tertiary/aromatic N) is 3. The van der Waals surface area contributed by atoms with Gasteiger partial charge >= 0.3 is 17.1 Å². The molecule has 0 bridgehead atoms. The Morgan fingerprint density at radius 1 is 1.00 bits per heavy atom. The first kappa shape index (κ1) is 13.3. The molecule has 0 fully saturated rings. The van der Waals surface area contributed by atoms with Crippen molar-refractivity contribution in [3.8, 4) is 0 Å². The minimum absolute atomic E-state index is 0. The summed E-state index contributed by atoms with van der Waals surface area (Å²) in [6.45, 7) is 0. The third kappa shape index (κ3) is 4.31. The van der Waals surface area contributed by atoms with Crippen LogP contribution in [0.1, 0.15) is 0 Å². The van der Waals surface area contributed by atoms with E-state index in [1.54, 1.807) is 6.20 Å². The molecule has 0 saturated carbocycles. The molecule has 0 saturated heterocycles. The van der Waals surface area contributed by atoms with Crippen molar-refractivity contribution in [2.75, 3.05) is 0 Å². The molecular formula is C13H11FeN3. The molecule has 0 spiro atoms. The van der Waals surface area contributed by atoms with Crippen molar-refractivity contribution in [2.24, 2.45) is 10.3 Å². The van der Waals surface area contributed by atoms with Gasteiger partial charge in [0.1, 0.15) is 0 Å². The fourth-order valence-corrected chi connectivity index (χ4v) is 1.26. The predicted molar refractivity (Wildman–Crippen MR) is 64.7 cm³/mol. The van der Waals surface area contributed by atoms with Crippen molar-refractivity contribution in [3.63, 3.8) is 0 Å². The fourth-order valence-electron chi connectivity index (χ4n) is 1.26. The molecule has 0 unspecified atom stereocenters. The maximum atomic E-state index is 3.86. The van der Waals surface area contributed by atoms with Gasteiger partial charge in [-0.25, -0.2) is 12.1 Å². The molecule has 17 heavy (non-hydrogen) atoms. The van der Waals surface area contributed by atoms with Crippen LogP contribution in [0.25, 0.3) is 5.43 Å². The standard InChI is InChI=1S/C8H6N3.C5H5.Fe/c1-2-4-7(3-1)8-5-6-9-11-10-8;1-2-4-5-3-1;/h1-6H;1-5H;/q2*-1;+2. The normalized spacial score (nSPS) is 15.1. The van der Waals surface area contributed by atoms with Crippen molar-refractivity contribution in [3.05, 3.63) is 83.6 Å². The van der Waals surface area contributed by atoms with Gasteiger partial charge in [-0.15, -0.1) is 0 Å². The zero-order valence-electron chi connectivity index (χ0n) is 9.05. The number of hydrogen-bond acceptors (Lipinski definition) is 2. The van der Waals surface area contributed by atoms with E-state index in [0.717, 1.165) is 11.3 Å². The molecule has 0 radical (unpaired) electrons. The van der Waals surface area contributed by atoms with E-state index in [1.807, 2.05) is 60.7 Å². The van der Waals surface area contributed by atoms with Crippen molar-refractivity contribution in [1.82, 2.24) is 0 Å². The summed E-state index contributed by atoms with van der Waals surface area (Å²) < 4.78 is 0. The van der Waals surface area contributed by atoms with Gasteiger partial charge in [-0.1, -0.05) is 36.6 Å². The summed E-state index contributed by atoms with van der Waals surface area (Å²) in [6, 6.07) is 10.0. The van der Waals surface area contributed by atoms with Gasteiger partial charge in [-0.05, 0) is 11.3 Å². The first-order valence-corrected chi connectivity index (χ1v) is 5.00. The monoisotopic (exact) mass is 265 g/mol. The Morgan fingerprint density at radius 3 is 2.18 bits per heavy atom. The summed E-state index contributed by atoms with van der Waals surface area (Å²) in [5.41, 5.74) is 5.54. The van der Waals surface area contributed by atoms with Crippen LogP contribution in [0.4, 0.5) is 0 Å². The Bertz CT molecular complexity index is 420. The molecule has 3 rings (SSSR count). The van der Waals surface area contributed by atoms with Gasteiger partial charge in [-0.2, -0.15) is 18.2 Å². The molecule has 3 nitrogen and oxygen atoms in total. The van der Waals surface area contributed by atoms with Gasteiger partial charge in [-0.3, -0.25) is 5.22 Å². The molecule has 0 aromatic heterocycles. The van der Waals surface area contributed by atoms with E-state index in [2.05, 4.69) is 15.8 Å². The minimum atomic E-state index is 0. The van der Waals surface area contributed by atoms with Gasteiger partial charge < -0.3 is 10.5 Å². The van der Waals surface area contributed by atoms with Crippen molar-refractivity contribution in [1.29, 1.82) is 0 Å². The second kappa shape index (κ2) is 7.49. The Labute approximate surface area is 111 Å². The number of hydrogen-bond donors (Lipinski definition) is 0. The number of allylic oxidation sites excluding steroid dienone is 6. The predicted octanol–water partition coefficient (Wildman–Crippen LogP) is 4.04. The van der Waals surface area contributed by atoms with Crippen LogP contribution in [0.3, 0.4) is 0 Å². The molecule has 1 aromatic rings. The largest absolute Gasteiger partial charge is 2.00 e. The molecule has 86 valence electrons. The molecule has 1 aliphatic carbocycles. The zero-order chi connectivity index (χ0) is 11.1. The molecular weight excluding hydrogens is 254 g/mol. The summed E-state index contributed by atoms with van der Waals surface area (Å²) in [4.78, 5) is 0. The maximum absolute atomic E-state index is 3.86. The van der Waals surface area contributed by atoms with E-state index in [1.165, 1.54) is 0 Å². The van der Waals surface area contributed by atoms with Crippen molar-refractivity contribution < 1.29 is 17.1 Å². The van der Waals surface area contributed by atoms with Gasteiger partial charge in [0.05, 0.1) is 0 Å². The molecule has 0 N–H and O–H groups in total. The maximum Gasteiger partial charge on any atom is 2.00 e. The van der Waals surface area contributed by atoms with Crippen LogP contribution >= 0.6 is 0 Å². The van der Waals surface area contributed by atoms with Gasteiger partial charge in [0.15, 0.2) is 0 Å². The van der Waals surface area contributed by atoms with Crippen LogP contribution in [-0.2, 0) is 17.1 Å². The van der Waals surface area contributed by atoms with Crippen LogP contribution in [0, 0.1) is 0 Å². The molecule has 1 aliphatic heterocycles. The van der Waals surface area contributed by atoms with Crippen LogP contribution in [0.15, 0.2) is 88.5 Å². The first-order valence-electron chi connectivity index (χ1n) is 5.00. The Balaban J connectivity index is 0.000000205. The quantitative estimate of drug-likeness (QED) is 0.501. The average Bonchev–Trinajstić information content (AvgIpc) is 3.07. The summed E-state index contributed by atoms with van der Waals surface area (Å²) in [6.07, 6.45) is 11.4. The van der Waals surface area contributed by atoms with E-state index < -0.39 is 0 Å². The summed E-state index contributed by atoms with van der Waals surface area (Å²) in [5.74, 6) is 0. The number of rotatable bonds is 0. The van der Waals surface area contributed by atoms with E-state index >= 15 is 0 Å². The van der Waals surface area contributed by atoms with E-state index in [9.17, 15) is 0 Å². The van der Waals surface area contributed by atoms with E-state index in [4.69, 9.17) is 0 Å². The van der Waals surface area contributed by atoms with Gasteiger partial charge in [0.25, 0.3) is 0 Å². The molecule has 4 heteroatoms.